The molecule has 0 fully saturated rings. The van der Waals surface area contributed by atoms with Crippen molar-refractivity contribution in [3.63, 3.8) is 0 Å². The summed E-state index contributed by atoms with van der Waals surface area (Å²) in [5, 5.41) is 11.9. The molecule has 0 spiro atoms. The molecule has 1 aromatic carbocycles. The van der Waals surface area contributed by atoms with E-state index in [1.807, 2.05) is 31.3 Å². The second-order valence-electron chi connectivity index (χ2n) is 4.45. The van der Waals surface area contributed by atoms with Crippen LogP contribution in [0.15, 0.2) is 29.4 Å². The highest BCUT2D eigenvalue weighted by Crippen LogP contribution is 2.18. The molecular formula is C14H24N4O. The molecule has 106 valence electrons. The van der Waals surface area contributed by atoms with Gasteiger partial charge >= 0.3 is 0 Å². The Labute approximate surface area is 115 Å². The summed E-state index contributed by atoms with van der Waals surface area (Å²) in [5.74, 6) is 0.144. The molecule has 0 atom stereocenters. The maximum Gasteiger partial charge on any atom is 0.172 e. The number of benzene rings is 1. The molecule has 0 aliphatic rings. The van der Waals surface area contributed by atoms with Crippen molar-refractivity contribution in [2.75, 3.05) is 38.1 Å². The van der Waals surface area contributed by atoms with Crippen molar-refractivity contribution in [3.05, 3.63) is 29.8 Å². The lowest BCUT2D eigenvalue weighted by Crippen LogP contribution is -2.34. The van der Waals surface area contributed by atoms with Gasteiger partial charge in [0.2, 0.25) is 0 Å². The van der Waals surface area contributed by atoms with Crippen LogP contribution in [-0.2, 0) is 0 Å². The lowest BCUT2D eigenvalue weighted by molar-refractivity contribution is 0.311. The summed E-state index contributed by atoms with van der Waals surface area (Å²) >= 11 is 0. The Bertz CT molecular complexity index is 416. The Kier molecular flexibility index (Phi) is 6.15. The molecule has 0 aliphatic carbocycles. The Hall–Kier alpha value is -1.75. The lowest BCUT2D eigenvalue weighted by Gasteiger charge is -2.26. The van der Waals surface area contributed by atoms with Crippen molar-refractivity contribution in [1.82, 2.24) is 4.90 Å². The minimum Gasteiger partial charge on any atom is -0.409 e. The van der Waals surface area contributed by atoms with Crippen molar-refractivity contribution in [3.8, 4) is 0 Å². The Balaban J connectivity index is 2.79. The summed E-state index contributed by atoms with van der Waals surface area (Å²) in [7, 11) is 2.02. The third-order valence-corrected chi connectivity index (χ3v) is 3.35. The Morgan fingerprint density at radius 2 is 1.84 bits per heavy atom. The highest BCUT2D eigenvalue weighted by molar-refractivity contribution is 6.02. The van der Waals surface area contributed by atoms with Crippen molar-refractivity contribution < 1.29 is 5.21 Å². The molecule has 19 heavy (non-hydrogen) atoms. The van der Waals surface area contributed by atoms with Crippen LogP contribution in [0.25, 0.3) is 0 Å². The second kappa shape index (κ2) is 7.63. The molecule has 0 aliphatic heterocycles. The first kappa shape index (κ1) is 15.3. The van der Waals surface area contributed by atoms with E-state index in [1.165, 1.54) is 0 Å². The second-order valence-corrected chi connectivity index (χ2v) is 4.45. The van der Waals surface area contributed by atoms with E-state index in [4.69, 9.17) is 10.9 Å². The van der Waals surface area contributed by atoms with Gasteiger partial charge in [-0.05, 0) is 25.2 Å². The zero-order valence-corrected chi connectivity index (χ0v) is 12.0. The highest BCUT2D eigenvalue weighted by atomic mass is 16.4. The summed E-state index contributed by atoms with van der Waals surface area (Å²) in [6.45, 7) is 8.31. The van der Waals surface area contributed by atoms with E-state index >= 15 is 0 Å². The predicted molar refractivity (Wildman–Crippen MR) is 80.0 cm³/mol. The van der Waals surface area contributed by atoms with E-state index in [9.17, 15) is 0 Å². The molecule has 5 nitrogen and oxygen atoms in total. The van der Waals surface area contributed by atoms with Gasteiger partial charge in [0.25, 0.3) is 0 Å². The van der Waals surface area contributed by atoms with Crippen LogP contribution in [0.1, 0.15) is 19.4 Å². The van der Waals surface area contributed by atoms with Crippen LogP contribution in [0.3, 0.4) is 0 Å². The first-order chi connectivity index (χ1) is 9.13. The number of nitrogens with zero attached hydrogens (tertiary/aromatic N) is 3. The molecule has 0 saturated carbocycles. The average molecular weight is 264 g/mol. The minimum absolute atomic E-state index is 0.144. The minimum atomic E-state index is 0.144. The van der Waals surface area contributed by atoms with Crippen LogP contribution in [-0.4, -0.2) is 49.2 Å². The fourth-order valence-electron chi connectivity index (χ4n) is 2.03. The SMILES string of the molecule is CCN(CC)CCN(C)c1ccccc1/C(N)=N/O. The normalized spacial score (nSPS) is 11.9. The van der Waals surface area contributed by atoms with Gasteiger partial charge in [-0.2, -0.15) is 0 Å². The van der Waals surface area contributed by atoms with Crippen LogP contribution in [0, 0.1) is 0 Å². The van der Waals surface area contributed by atoms with E-state index in [0.29, 0.717) is 0 Å². The summed E-state index contributed by atoms with van der Waals surface area (Å²) in [6.07, 6.45) is 0. The Morgan fingerprint density at radius 1 is 1.21 bits per heavy atom. The van der Waals surface area contributed by atoms with Crippen LogP contribution < -0.4 is 10.6 Å². The highest BCUT2D eigenvalue weighted by Gasteiger charge is 2.11. The van der Waals surface area contributed by atoms with Crippen molar-refractivity contribution in [2.24, 2.45) is 10.9 Å². The smallest absolute Gasteiger partial charge is 0.172 e. The summed E-state index contributed by atoms with van der Waals surface area (Å²) < 4.78 is 0. The number of nitrogens with two attached hydrogens (primary N) is 1. The largest absolute Gasteiger partial charge is 0.409 e. The molecule has 0 amide bonds. The van der Waals surface area contributed by atoms with Gasteiger partial charge in [-0.3, -0.25) is 0 Å². The molecule has 0 heterocycles. The third-order valence-electron chi connectivity index (χ3n) is 3.35. The van der Waals surface area contributed by atoms with Crippen LogP contribution in [0.5, 0.6) is 0 Å². The zero-order chi connectivity index (χ0) is 14.3. The molecule has 0 aromatic heterocycles. The quantitative estimate of drug-likeness (QED) is 0.339. The molecule has 0 radical (unpaired) electrons. The van der Waals surface area contributed by atoms with Gasteiger partial charge in [-0.15, -0.1) is 0 Å². The summed E-state index contributed by atoms with van der Waals surface area (Å²) in [4.78, 5) is 4.49. The maximum atomic E-state index is 8.82. The number of anilines is 1. The molecule has 0 unspecified atom stereocenters. The van der Waals surface area contributed by atoms with Crippen molar-refractivity contribution in [2.45, 2.75) is 13.8 Å². The van der Waals surface area contributed by atoms with Crippen LogP contribution >= 0.6 is 0 Å². The van der Waals surface area contributed by atoms with Gasteiger partial charge in [-0.1, -0.05) is 31.1 Å². The van der Waals surface area contributed by atoms with Gasteiger partial charge in [0.15, 0.2) is 5.84 Å². The lowest BCUT2D eigenvalue weighted by atomic mass is 10.1. The number of hydrogen-bond donors (Lipinski definition) is 2. The first-order valence-electron chi connectivity index (χ1n) is 6.64. The molecule has 5 heteroatoms. The molecular weight excluding hydrogens is 240 g/mol. The van der Waals surface area contributed by atoms with Gasteiger partial charge in [0.1, 0.15) is 0 Å². The zero-order valence-electron chi connectivity index (χ0n) is 12.0. The van der Waals surface area contributed by atoms with E-state index in [-0.39, 0.29) is 5.84 Å². The van der Waals surface area contributed by atoms with E-state index in [0.717, 1.165) is 37.4 Å². The standard InChI is InChI=1S/C14H24N4O/c1-4-18(5-2)11-10-17(3)13-9-7-6-8-12(13)14(15)16-19/h6-9,19H,4-5,10-11H2,1-3H3,(H2,15,16). The fraction of sp³-hybridized carbons (Fsp3) is 0.500. The fourth-order valence-corrected chi connectivity index (χ4v) is 2.03. The number of para-hydroxylation sites is 1. The summed E-state index contributed by atoms with van der Waals surface area (Å²) in [5.41, 5.74) is 7.44. The Morgan fingerprint density at radius 3 is 2.42 bits per heavy atom. The number of likely N-dealkylation sites (N-methyl/N-ethyl adjacent to an activating group) is 2. The van der Waals surface area contributed by atoms with Gasteiger partial charge in [0.05, 0.1) is 0 Å². The number of rotatable bonds is 7. The molecule has 0 saturated heterocycles. The first-order valence-corrected chi connectivity index (χ1v) is 6.64. The van der Waals surface area contributed by atoms with E-state index in [1.54, 1.807) is 0 Å². The topological polar surface area (TPSA) is 65.1 Å². The average Bonchev–Trinajstić information content (AvgIpc) is 2.47. The van der Waals surface area contributed by atoms with Crippen LogP contribution in [0.2, 0.25) is 0 Å². The molecule has 3 N–H and O–H groups in total. The molecule has 1 aromatic rings. The van der Waals surface area contributed by atoms with Crippen LogP contribution in [0.4, 0.5) is 5.69 Å². The maximum absolute atomic E-state index is 8.82. The summed E-state index contributed by atoms with van der Waals surface area (Å²) in [6, 6.07) is 7.68. The van der Waals surface area contributed by atoms with Gasteiger partial charge in [0, 0.05) is 31.4 Å². The number of hydrogen-bond acceptors (Lipinski definition) is 4. The predicted octanol–water partition coefficient (Wildman–Crippen LogP) is 1.56. The van der Waals surface area contributed by atoms with Crippen molar-refractivity contribution >= 4 is 11.5 Å². The van der Waals surface area contributed by atoms with Gasteiger partial charge < -0.3 is 20.7 Å². The third kappa shape index (κ3) is 4.13. The molecule has 1 rings (SSSR count). The van der Waals surface area contributed by atoms with E-state index in [2.05, 4.69) is 28.8 Å². The van der Waals surface area contributed by atoms with Gasteiger partial charge in [-0.25, -0.2) is 0 Å². The molecule has 0 bridgehead atoms. The van der Waals surface area contributed by atoms with E-state index < -0.39 is 0 Å². The van der Waals surface area contributed by atoms with Crippen molar-refractivity contribution in [1.29, 1.82) is 0 Å². The number of amidine groups is 1. The number of oxime groups is 1. The monoisotopic (exact) mass is 264 g/mol.